The fourth-order valence-corrected chi connectivity index (χ4v) is 7.02. The molecule has 0 atom stereocenters. The summed E-state index contributed by atoms with van der Waals surface area (Å²) < 4.78 is 2.87. The number of rotatable bonds is 7. The van der Waals surface area contributed by atoms with Crippen LogP contribution in [0.3, 0.4) is 0 Å². The molecule has 11 nitrogen and oxygen atoms in total. The van der Waals surface area contributed by atoms with Gasteiger partial charge in [0.1, 0.15) is 11.3 Å². The molecule has 12 heteroatoms. The first kappa shape index (κ1) is 30.4. The van der Waals surface area contributed by atoms with Crippen LogP contribution in [-0.4, -0.2) is 72.3 Å². The van der Waals surface area contributed by atoms with Crippen molar-refractivity contribution in [2.75, 3.05) is 31.9 Å². The second kappa shape index (κ2) is 12.6. The third-order valence-electron chi connectivity index (χ3n) is 8.76. The lowest BCUT2D eigenvalue weighted by Gasteiger charge is -2.34. The number of hydrogen-bond acceptors (Lipinski definition) is 9. The Morgan fingerprint density at radius 2 is 1.59 bits per heavy atom. The summed E-state index contributed by atoms with van der Waals surface area (Å²) in [5, 5.41) is 0.243. The van der Waals surface area contributed by atoms with Gasteiger partial charge >= 0.3 is 0 Å². The molecule has 0 radical (unpaired) electrons. The Kier molecular flexibility index (Phi) is 7.78. The number of aromatic nitrogens is 5. The van der Waals surface area contributed by atoms with E-state index < -0.39 is 5.91 Å². The third kappa shape index (κ3) is 5.88. The van der Waals surface area contributed by atoms with Crippen LogP contribution in [0.1, 0.15) is 25.7 Å². The first-order valence-electron chi connectivity index (χ1n) is 15.9. The third-order valence-corrected chi connectivity index (χ3v) is 9.81. The molecule has 4 aromatic heterocycles. The van der Waals surface area contributed by atoms with Crippen molar-refractivity contribution in [1.82, 2.24) is 34.3 Å². The van der Waals surface area contributed by atoms with Crippen molar-refractivity contribution < 1.29 is 9.59 Å². The smallest absolute Gasteiger partial charge is 0.277 e. The zero-order valence-corrected chi connectivity index (χ0v) is 27.2. The van der Waals surface area contributed by atoms with Gasteiger partial charge in [0.15, 0.2) is 16.5 Å². The highest BCUT2D eigenvalue weighted by Crippen LogP contribution is 2.32. The molecule has 242 valence electrons. The van der Waals surface area contributed by atoms with E-state index >= 15 is 0 Å². The van der Waals surface area contributed by atoms with Gasteiger partial charge in [0, 0.05) is 55.7 Å². The minimum atomic E-state index is -0.566. The van der Waals surface area contributed by atoms with Crippen LogP contribution >= 0.6 is 11.3 Å². The van der Waals surface area contributed by atoms with Crippen LogP contribution in [0.15, 0.2) is 103 Å². The van der Waals surface area contributed by atoms with Crippen LogP contribution in [0.2, 0.25) is 0 Å². The highest BCUT2D eigenvalue weighted by atomic mass is 32.1. The van der Waals surface area contributed by atoms with E-state index in [0.717, 1.165) is 63.6 Å². The maximum absolute atomic E-state index is 13.3. The molecule has 0 unspecified atom stereocenters. The predicted octanol–water partition coefficient (Wildman–Crippen LogP) is 5.40. The van der Waals surface area contributed by atoms with Gasteiger partial charge in [-0.05, 0) is 60.2 Å². The van der Waals surface area contributed by atoms with Crippen LogP contribution < -0.4 is 11.5 Å². The number of carbonyl (C=O) groups is 2. The molecule has 3 aromatic carbocycles. The molecule has 0 spiro atoms. The Bertz CT molecular complexity index is 2340. The summed E-state index contributed by atoms with van der Waals surface area (Å²) in [5.74, 6) is 0.469. The van der Waals surface area contributed by atoms with Crippen LogP contribution in [0, 0.1) is 0 Å². The number of imidazole rings is 1. The lowest BCUT2D eigenvalue weighted by Crippen LogP contribution is -2.48. The summed E-state index contributed by atoms with van der Waals surface area (Å²) in [6, 6.07) is 31.6. The summed E-state index contributed by atoms with van der Waals surface area (Å²) in [6.45, 7) is 3.49. The zero-order chi connectivity index (χ0) is 33.5. The minimum absolute atomic E-state index is 0.0406. The molecular formula is C37H31N9O2S. The Balaban J connectivity index is 1.01. The number of thiazole rings is 1. The monoisotopic (exact) mass is 665 g/mol. The van der Waals surface area contributed by atoms with Crippen molar-refractivity contribution in [3.8, 4) is 28.3 Å². The maximum Gasteiger partial charge on any atom is 0.277 e. The molecule has 0 aliphatic carbocycles. The fraction of sp³-hybridized carbons (Fsp3) is 0.135. The quantitative estimate of drug-likeness (QED) is 0.230. The predicted molar refractivity (Wildman–Crippen MR) is 191 cm³/mol. The molecule has 0 bridgehead atoms. The zero-order valence-electron chi connectivity index (χ0n) is 26.4. The molecule has 8 rings (SSSR count). The lowest BCUT2D eigenvalue weighted by atomic mass is 10.1. The van der Waals surface area contributed by atoms with Crippen molar-refractivity contribution in [3.05, 3.63) is 119 Å². The Hall–Kier alpha value is -5.98. The average molecular weight is 666 g/mol. The number of carbonyl (C=O) groups excluding carboxylic acids is 2. The van der Waals surface area contributed by atoms with Gasteiger partial charge in [-0.15, -0.1) is 11.3 Å². The number of benzene rings is 3. The standard InChI is InChI=1S/C37H31N9O2S/c38-32-27(7-4-16-40-32)34-42-29-14-13-28(24-5-2-1-3-6-24)41-35(29)46(34)26-11-8-23(9-12-26)22-44-17-19-45(20-18-44)37(48)25-10-15-31-30(21-25)43-36(49-31)33(39)47/h1-16,21H,17-20,22H2,(H2,38,40)(H2,39,47). The van der Waals surface area contributed by atoms with Gasteiger partial charge in [0.25, 0.3) is 11.8 Å². The van der Waals surface area contributed by atoms with Gasteiger partial charge < -0.3 is 16.4 Å². The Morgan fingerprint density at radius 3 is 2.35 bits per heavy atom. The first-order valence-corrected chi connectivity index (χ1v) is 16.7. The number of primary amides is 1. The molecule has 1 aliphatic heterocycles. The van der Waals surface area contributed by atoms with Gasteiger partial charge in [-0.2, -0.15) is 0 Å². The van der Waals surface area contributed by atoms with E-state index in [1.54, 1.807) is 18.3 Å². The highest BCUT2D eigenvalue weighted by Gasteiger charge is 2.24. The molecule has 1 aliphatic rings. The van der Waals surface area contributed by atoms with E-state index in [-0.39, 0.29) is 10.9 Å². The number of pyridine rings is 2. The van der Waals surface area contributed by atoms with Crippen LogP contribution in [0.5, 0.6) is 0 Å². The molecule has 5 heterocycles. The van der Waals surface area contributed by atoms with Crippen molar-refractivity contribution in [2.45, 2.75) is 6.54 Å². The molecule has 49 heavy (non-hydrogen) atoms. The fourth-order valence-electron chi connectivity index (χ4n) is 6.22. The van der Waals surface area contributed by atoms with E-state index in [1.807, 2.05) is 70.1 Å². The van der Waals surface area contributed by atoms with Crippen molar-refractivity contribution in [3.63, 3.8) is 0 Å². The van der Waals surface area contributed by atoms with Gasteiger partial charge in [-0.1, -0.05) is 42.5 Å². The number of piperazine rings is 1. The summed E-state index contributed by atoms with van der Waals surface area (Å²) in [6.07, 6.45) is 1.67. The summed E-state index contributed by atoms with van der Waals surface area (Å²) in [4.78, 5) is 47.7. The van der Waals surface area contributed by atoms with E-state index in [4.69, 9.17) is 21.4 Å². The van der Waals surface area contributed by atoms with Crippen molar-refractivity contribution in [1.29, 1.82) is 0 Å². The number of fused-ring (bicyclic) bond motifs is 2. The number of nitrogens with zero attached hydrogens (tertiary/aromatic N) is 7. The van der Waals surface area contributed by atoms with Gasteiger partial charge in [0.2, 0.25) is 0 Å². The molecule has 1 saturated heterocycles. The van der Waals surface area contributed by atoms with Crippen LogP contribution in [0.4, 0.5) is 5.82 Å². The summed E-state index contributed by atoms with van der Waals surface area (Å²) in [7, 11) is 0. The topological polar surface area (TPSA) is 149 Å². The van der Waals surface area contributed by atoms with Crippen LogP contribution in [-0.2, 0) is 6.54 Å². The SMILES string of the molecule is NC(=O)c1nc2cc(C(=O)N3CCN(Cc4ccc(-n5c(-c6cccnc6N)nc6ccc(-c7ccccc7)nc65)cc4)CC3)ccc2s1. The molecule has 1 fully saturated rings. The first-order chi connectivity index (χ1) is 23.9. The molecule has 0 saturated carbocycles. The number of nitrogens with two attached hydrogens (primary N) is 2. The molecule has 4 N–H and O–H groups in total. The summed E-state index contributed by atoms with van der Waals surface area (Å²) in [5.41, 5.74) is 19.1. The van der Waals surface area contributed by atoms with E-state index in [9.17, 15) is 9.59 Å². The molecule has 7 aromatic rings. The van der Waals surface area contributed by atoms with E-state index in [0.29, 0.717) is 35.8 Å². The summed E-state index contributed by atoms with van der Waals surface area (Å²) >= 11 is 1.23. The number of amides is 2. The normalized spacial score (nSPS) is 13.7. The lowest BCUT2D eigenvalue weighted by molar-refractivity contribution is 0.0628. The number of nitrogen functional groups attached to an aromatic ring is 1. The highest BCUT2D eigenvalue weighted by molar-refractivity contribution is 7.20. The van der Waals surface area contributed by atoms with Gasteiger partial charge in [0.05, 0.1) is 21.5 Å². The van der Waals surface area contributed by atoms with Crippen molar-refractivity contribution >= 4 is 50.3 Å². The molecule has 2 amide bonds. The average Bonchev–Trinajstić information content (AvgIpc) is 3.74. The van der Waals surface area contributed by atoms with E-state index in [1.165, 1.54) is 11.3 Å². The Morgan fingerprint density at radius 1 is 0.796 bits per heavy atom. The van der Waals surface area contributed by atoms with Gasteiger partial charge in [-0.25, -0.2) is 19.9 Å². The van der Waals surface area contributed by atoms with Crippen molar-refractivity contribution in [2.24, 2.45) is 5.73 Å². The number of anilines is 1. The van der Waals surface area contributed by atoms with Crippen LogP contribution in [0.25, 0.3) is 49.7 Å². The largest absolute Gasteiger partial charge is 0.383 e. The maximum atomic E-state index is 13.3. The second-order valence-electron chi connectivity index (χ2n) is 11.9. The minimum Gasteiger partial charge on any atom is -0.383 e. The van der Waals surface area contributed by atoms with Gasteiger partial charge in [-0.3, -0.25) is 19.1 Å². The second-order valence-corrected chi connectivity index (χ2v) is 12.9. The number of hydrogen-bond donors (Lipinski definition) is 2. The van der Waals surface area contributed by atoms with E-state index in [2.05, 4.69) is 39.1 Å². The molecular weight excluding hydrogens is 635 g/mol. The Labute approximate surface area is 285 Å².